The minimum atomic E-state index is -4.32. The van der Waals surface area contributed by atoms with Gasteiger partial charge in [0.15, 0.2) is 11.3 Å². The summed E-state index contributed by atoms with van der Waals surface area (Å²) >= 11 is 1.79. The van der Waals surface area contributed by atoms with Gasteiger partial charge < -0.3 is 9.64 Å². The summed E-state index contributed by atoms with van der Waals surface area (Å²) in [5.74, 6) is 1.83. The van der Waals surface area contributed by atoms with Crippen molar-refractivity contribution in [2.24, 2.45) is 12.1 Å². The molecule has 7 nitrogen and oxygen atoms in total. The van der Waals surface area contributed by atoms with Gasteiger partial charge in [0.1, 0.15) is 5.69 Å². The lowest BCUT2D eigenvalue weighted by Gasteiger charge is -2.33. The second-order valence-electron chi connectivity index (χ2n) is 7.87. The molecule has 1 fully saturated rings. The van der Waals surface area contributed by atoms with E-state index in [1.54, 1.807) is 22.6 Å². The molecule has 2 unspecified atom stereocenters. The molecule has 3 heterocycles. The van der Waals surface area contributed by atoms with Crippen molar-refractivity contribution in [1.82, 2.24) is 25.0 Å². The Labute approximate surface area is 189 Å². The number of aromatic nitrogens is 2. The number of amidine groups is 1. The highest BCUT2D eigenvalue weighted by Gasteiger charge is 2.31. The smallest absolute Gasteiger partial charge is 0.371 e. The number of hydrazone groups is 1. The normalized spacial score (nSPS) is 22.2. The fraction of sp³-hybridized carbons (Fsp3) is 0.524. The number of morpholine rings is 1. The molecule has 2 aromatic rings. The van der Waals surface area contributed by atoms with E-state index in [9.17, 15) is 13.2 Å². The number of nitrogens with one attached hydrogen (secondary N) is 1. The Morgan fingerprint density at radius 1 is 1.19 bits per heavy atom. The van der Waals surface area contributed by atoms with E-state index < -0.39 is 11.7 Å². The van der Waals surface area contributed by atoms with Crippen molar-refractivity contribution in [3.05, 3.63) is 53.3 Å². The van der Waals surface area contributed by atoms with Crippen LogP contribution >= 0.6 is 11.8 Å². The van der Waals surface area contributed by atoms with Crippen LogP contribution in [0.5, 0.6) is 0 Å². The van der Waals surface area contributed by atoms with Crippen molar-refractivity contribution in [2.75, 3.05) is 39.0 Å². The summed E-state index contributed by atoms with van der Waals surface area (Å²) < 4.78 is 46.0. The molecule has 1 saturated heterocycles. The van der Waals surface area contributed by atoms with Gasteiger partial charge in [-0.2, -0.15) is 23.4 Å². The molecule has 1 aromatic carbocycles. The topological polar surface area (TPSA) is 57.9 Å². The van der Waals surface area contributed by atoms with Crippen molar-refractivity contribution < 1.29 is 17.9 Å². The third-order valence-electron chi connectivity index (χ3n) is 5.67. The number of alkyl halides is 3. The summed E-state index contributed by atoms with van der Waals surface area (Å²) in [5, 5.41) is 8.65. The third-order valence-corrected chi connectivity index (χ3v) is 6.93. The number of aryl methyl sites for hydroxylation is 1. The molecule has 0 radical (unpaired) electrons. The van der Waals surface area contributed by atoms with Crippen molar-refractivity contribution in [3.8, 4) is 0 Å². The molecule has 1 aromatic heterocycles. The van der Waals surface area contributed by atoms with Crippen LogP contribution in [-0.2, 0) is 18.0 Å². The minimum absolute atomic E-state index is 0.0736. The van der Waals surface area contributed by atoms with E-state index in [0.29, 0.717) is 13.2 Å². The van der Waals surface area contributed by atoms with Gasteiger partial charge >= 0.3 is 6.18 Å². The average Bonchev–Trinajstić information content (AvgIpc) is 3.36. The molecule has 0 aliphatic carbocycles. The molecule has 2 aliphatic rings. The van der Waals surface area contributed by atoms with Crippen LogP contribution in [0.3, 0.4) is 0 Å². The van der Waals surface area contributed by atoms with Crippen LogP contribution in [0.2, 0.25) is 0 Å². The molecule has 0 bridgehead atoms. The lowest BCUT2D eigenvalue weighted by molar-refractivity contribution is -0.137. The third kappa shape index (κ3) is 5.21. The van der Waals surface area contributed by atoms with Crippen LogP contribution in [0, 0.1) is 0 Å². The van der Waals surface area contributed by atoms with Crippen molar-refractivity contribution >= 4 is 17.6 Å². The monoisotopic (exact) mass is 468 g/mol. The fourth-order valence-electron chi connectivity index (χ4n) is 3.85. The molecular formula is C21H27F3N6OS. The zero-order chi connectivity index (χ0) is 22.7. The number of nitrogens with zero attached hydrogens (tertiary/aromatic N) is 5. The summed E-state index contributed by atoms with van der Waals surface area (Å²) in [7, 11) is 3.91. The first-order valence-corrected chi connectivity index (χ1v) is 11.5. The number of ether oxygens (including phenoxy) is 1. The van der Waals surface area contributed by atoms with Gasteiger partial charge in [-0.05, 0) is 42.5 Å². The van der Waals surface area contributed by atoms with Gasteiger partial charge in [0.05, 0.1) is 18.3 Å². The molecule has 32 heavy (non-hydrogen) atoms. The maximum atomic E-state index is 12.8. The maximum absolute atomic E-state index is 12.8. The highest BCUT2D eigenvalue weighted by atomic mass is 32.2. The second kappa shape index (κ2) is 9.72. The molecule has 0 saturated carbocycles. The van der Waals surface area contributed by atoms with E-state index in [2.05, 4.69) is 25.4 Å². The Bertz CT molecular complexity index is 932. The van der Waals surface area contributed by atoms with Crippen molar-refractivity contribution in [2.45, 2.75) is 24.2 Å². The number of hydrogen-bond donors (Lipinski definition) is 1. The SMILES string of the molecule is CN1C(c2ccnn2C)=NNC1SCCCN1CCOC(c2ccc(C(F)(F)F)cc2)C1. The van der Waals surface area contributed by atoms with Gasteiger partial charge in [0, 0.05) is 33.4 Å². The molecule has 1 N–H and O–H groups in total. The predicted octanol–water partition coefficient (Wildman–Crippen LogP) is 3.12. The Morgan fingerprint density at radius 2 is 1.97 bits per heavy atom. The summed E-state index contributed by atoms with van der Waals surface area (Å²) in [5.41, 5.74) is 4.37. The molecule has 4 rings (SSSR count). The van der Waals surface area contributed by atoms with E-state index in [4.69, 9.17) is 4.74 Å². The molecule has 0 amide bonds. The van der Waals surface area contributed by atoms with Crippen LogP contribution in [0.25, 0.3) is 0 Å². The van der Waals surface area contributed by atoms with Gasteiger partial charge in [-0.15, -0.1) is 11.8 Å². The fourth-order valence-corrected chi connectivity index (χ4v) is 4.82. The summed E-state index contributed by atoms with van der Waals surface area (Å²) in [6.07, 6.45) is -1.76. The van der Waals surface area contributed by atoms with Crippen LogP contribution in [-0.4, -0.2) is 70.0 Å². The highest BCUT2D eigenvalue weighted by molar-refractivity contribution is 7.99. The first-order valence-electron chi connectivity index (χ1n) is 10.5. The van der Waals surface area contributed by atoms with Gasteiger partial charge in [-0.25, -0.2) is 0 Å². The van der Waals surface area contributed by atoms with Crippen molar-refractivity contribution in [3.63, 3.8) is 0 Å². The second-order valence-corrected chi connectivity index (χ2v) is 9.06. The van der Waals surface area contributed by atoms with Gasteiger partial charge in [0.2, 0.25) is 0 Å². The lowest BCUT2D eigenvalue weighted by Crippen LogP contribution is -2.39. The molecule has 2 aliphatic heterocycles. The summed E-state index contributed by atoms with van der Waals surface area (Å²) in [6.45, 7) is 3.01. The highest BCUT2D eigenvalue weighted by Crippen LogP contribution is 2.31. The number of thioether (sulfide) groups is 1. The maximum Gasteiger partial charge on any atom is 0.416 e. The Kier molecular flexibility index (Phi) is 6.96. The van der Waals surface area contributed by atoms with Crippen LogP contribution in [0.4, 0.5) is 13.2 Å². The first kappa shape index (κ1) is 22.9. The summed E-state index contributed by atoms with van der Waals surface area (Å²) in [6, 6.07) is 7.24. The molecule has 174 valence electrons. The summed E-state index contributed by atoms with van der Waals surface area (Å²) in [4.78, 5) is 4.42. The number of benzene rings is 1. The molecular weight excluding hydrogens is 441 g/mol. The zero-order valence-corrected chi connectivity index (χ0v) is 18.9. The van der Waals surface area contributed by atoms with Crippen LogP contribution < -0.4 is 5.43 Å². The molecule has 0 spiro atoms. The van der Waals surface area contributed by atoms with E-state index >= 15 is 0 Å². The number of hydrogen-bond acceptors (Lipinski definition) is 7. The largest absolute Gasteiger partial charge is 0.416 e. The Balaban J connectivity index is 1.21. The molecule has 11 heteroatoms. The van der Waals surface area contributed by atoms with Crippen LogP contribution in [0.15, 0.2) is 41.6 Å². The van der Waals surface area contributed by atoms with Gasteiger partial charge in [-0.3, -0.25) is 15.0 Å². The predicted molar refractivity (Wildman–Crippen MR) is 118 cm³/mol. The Hall–Kier alpha value is -2.24. The average molecular weight is 469 g/mol. The zero-order valence-electron chi connectivity index (χ0n) is 18.0. The van der Waals surface area contributed by atoms with E-state index in [-0.39, 0.29) is 11.6 Å². The molecule has 2 atom stereocenters. The van der Waals surface area contributed by atoms with E-state index in [1.807, 2.05) is 20.2 Å². The van der Waals surface area contributed by atoms with Gasteiger partial charge in [0.25, 0.3) is 0 Å². The van der Waals surface area contributed by atoms with Crippen LogP contribution in [0.1, 0.15) is 29.3 Å². The Morgan fingerprint density at radius 3 is 2.66 bits per heavy atom. The van der Waals surface area contributed by atoms with E-state index in [0.717, 1.165) is 54.5 Å². The standard InChI is InChI=1S/C21H27F3N6OS/c1-28-19(17-8-9-25-29(17)2)26-27-20(28)32-13-3-10-30-11-12-31-18(14-30)15-4-6-16(7-5-15)21(22,23)24/h4-9,18,20,27H,3,10-14H2,1-2H3. The van der Waals surface area contributed by atoms with E-state index in [1.165, 1.54) is 12.1 Å². The van der Waals surface area contributed by atoms with Gasteiger partial charge in [-0.1, -0.05) is 12.1 Å². The minimum Gasteiger partial charge on any atom is -0.371 e. The quantitative estimate of drug-likeness (QED) is 0.631. The number of halogens is 3. The van der Waals surface area contributed by atoms with Crippen molar-refractivity contribution in [1.29, 1.82) is 0 Å². The first-order chi connectivity index (χ1) is 15.3. The lowest BCUT2D eigenvalue weighted by atomic mass is 10.1. The number of rotatable bonds is 7.